The first-order chi connectivity index (χ1) is 9.10. The third kappa shape index (κ3) is 5.12. The van der Waals surface area contributed by atoms with Crippen LogP contribution < -0.4 is 5.32 Å². The van der Waals surface area contributed by atoms with E-state index in [0.29, 0.717) is 11.8 Å². The van der Waals surface area contributed by atoms with E-state index in [2.05, 4.69) is 43.4 Å². The molecule has 0 saturated carbocycles. The van der Waals surface area contributed by atoms with E-state index in [4.69, 9.17) is 0 Å². The number of hydrogen-bond acceptors (Lipinski definition) is 2. The third-order valence-corrected chi connectivity index (χ3v) is 5.41. The number of benzene rings is 1. The van der Waals surface area contributed by atoms with Crippen LogP contribution in [0.1, 0.15) is 50.2 Å². The Hall–Kier alpha value is -0.590. The Balaban J connectivity index is 2.98. The standard InChI is InChI=1S/C16H28NOP/c1-5-19(18)12-14(10-11-17-4)16-9-7-6-8-15(16)13(2)3/h6-9,13-14,17,19H,5,10-12H2,1-4H3. The van der Waals surface area contributed by atoms with E-state index in [1.165, 1.54) is 11.1 Å². The third-order valence-electron chi connectivity index (χ3n) is 3.67. The minimum atomic E-state index is -1.42. The first kappa shape index (κ1) is 16.5. The molecule has 3 heteroatoms. The van der Waals surface area contributed by atoms with Crippen LogP contribution in [0.4, 0.5) is 0 Å². The van der Waals surface area contributed by atoms with E-state index in [9.17, 15) is 4.57 Å². The molecule has 0 aliphatic carbocycles. The fourth-order valence-corrected chi connectivity index (χ4v) is 3.78. The van der Waals surface area contributed by atoms with Crippen LogP contribution in [0.15, 0.2) is 24.3 Å². The Bertz CT molecular complexity index is 403. The summed E-state index contributed by atoms with van der Waals surface area (Å²) in [6.07, 6.45) is 2.74. The van der Waals surface area contributed by atoms with Crippen molar-refractivity contribution in [1.29, 1.82) is 0 Å². The van der Waals surface area contributed by atoms with Gasteiger partial charge in [-0.3, -0.25) is 0 Å². The summed E-state index contributed by atoms with van der Waals surface area (Å²) < 4.78 is 12.0. The van der Waals surface area contributed by atoms with Crippen LogP contribution in [0.3, 0.4) is 0 Å². The van der Waals surface area contributed by atoms with Crippen molar-refractivity contribution in [3.05, 3.63) is 35.4 Å². The summed E-state index contributed by atoms with van der Waals surface area (Å²) in [6.45, 7) is 7.48. The normalized spacial score (nSPS) is 14.6. The molecule has 0 aliphatic heterocycles. The highest BCUT2D eigenvalue weighted by molar-refractivity contribution is 7.44. The molecule has 2 nitrogen and oxygen atoms in total. The fraction of sp³-hybridized carbons (Fsp3) is 0.625. The molecule has 108 valence electrons. The van der Waals surface area contributed by atoms with Gasteiger partial charge in [0.15, 0.2) is 0 Å². The second kappa shape index (κ2) is 8.55. The van der Waals surface area contributed by atoms with E-state index in [0.717, 1.165) is 25.3 Å². The summed E-state index contributed by atoms with van der Waals surface area (Å²) in [5, 5.41) is 3.22. The average Bonchev–Trinajstić information content (AvgIpc) is 2.43. The lowest BCUT2D eigenvalue weighted by Crippen LogP contribution is -2.15. The van der Waals surface area contributed by atoms with E-state index in [1.807, 2.05) is 14.0 Å². The average molecular weight is 281 g/mol. The molecule has 1 rings (SSSR count). The van der Waals surface area contributed by atoms with Gasteiger partial charge in [0.25, 0.3) is 0 Å². The molecular weight excluding hydrogens is 253 g/mol. The van der Waals surface area contributed by atoms with Gasteiger partial charge < -0.3 is 9.88 Å². The number of rotatable bonds is 8. The van der Waals surface area contributed by atoms with Gasteiger partial charge >= 0.3 is 0 Å². The van der Waals surface area contributed by atoms with Crippen LogP contribution in [0.2, 0.25) is 0 Å². The van der Waals surface area contributed by atoms with Crippen molar-refractivity contribution >= 4 is 7.80 Å². The van der Waals surface area contributed by atoms with Crippen LogP contribution >= 0.6 is 7.80 Å². The van der Waals surface area contributed by atoms with Gasteiger partial charge in [-0.15, -0.1) is 0 Å². The summed E-state index contributed by atoms with van der Waals surface area (Å²) in [6, 6.07) is 8.66. The maximum absolute atomic E-state index is 12.0. The zero-order valence-corrected chi connectivity index (χ0v) is 13.7. The molecule has 0 heterocycles. The Labute approximate surface area is 118 Å². The first-order valence-corrected chi connectivity index (χ1v) is 9.17. The maximum atomic E-state index is 12.0. The van der Waals surface area contributed by atoms with Crippen LogP contribution in [0.5, 0.6) is 0 Å². The minimum Gasteiger partial charge on any atom is -0.327 e. The Morgan fingerprint density at radius 2 is 1.84 bits per heavy atom. The van der Waals surface area contributed by atoms with Crippen molar-refractivity contribution in [2.75, 3.05) is 25.9 Å². The molecule has 1 aromatic carbocycles. The minimum absolute atomic E-state index is 0.428. The molecule has 0 spiro atoms. The lowest BCUT2D eigenvalue weighted by molar-refractivity contribution is 0.574. The van der Waals surface area contributed by atoms with Crippen molar-refractivity contribution in [3.63, 3.8) is 0 Å². The molecular formula is C16H28NOP. The maximum Gasteiger partial charge on any atom is 0.0765 e. The number of hydrogen-bond donors (Lipinski definition) is 1. The van der Waals surface area contributed by atoms with Gasteiger partial charge in [0.2, 0.25) is 0 Å². The molecule has 0 radical (unpaired) electrons. The fourth-order valence-electron chi connectivity index (χ4n) is 2.51. The molecule has 1 aromatic rings. The van der Waals surface area contributed by atoms with Gasteiger partial charge in [0, 0.05) is 6.16 Å². The van der Waals surface area contributed by atoms with Gasteiger partial charge in [-0.25, -0.2) is 0 Å². The van der Waals surface area contributed by atoms with Crippen molar-refractivity contribution in [1.82, 2.24) is 5.32 Å². The van der Waals surface area contributed by atoms with Gasteiger partial charge in [-0.05, 0) is 49.1 Å². The second-order valence-electron chi connectivity index (χ2n) is 5.47. The highest BCUT2D eigenvalue weighted by Crippen LogP contribution is 2.35. The molecule has 0 fully saturated rings. The zero-order valence-electron chi connectivity index (χ0n) is 12.7. The van der Waals surface area contributed by atoms with Crippen molar-refractivity contribution in [3.8, 4) is 0 Å². The lowest BCUT2D eigenvalue weighted by Gasteiger charge is -2.22. The molecule has 0 amide bonds. The zero-order chi connectivity index (χ0) is 14.3. The summed E-state index contributed by atoms with van der Waals surface area (Å²) in [7, 11) is 0.556. The molecule has 0 bridgehead atoms. The summed E-state index contributed by atoms with van der Waals surface area (Å²) in [4.78, 5) is 0. The molecule has 2 unspecified atom stereocenters. The second-order valence-corrected chi connectivity index (χ2v) is 7.66. The largest absolute Gasteiger partial charge is 0.327 e. The van der Waals surface area contributed by atoms with Crippen molar-refractivity contribution in [2.24, 2.45) is 0 Å². The topological polar surface area (TPSA) is 29.1 Å². The summed E-state index contributed by atoms with van der Waals surface area (Å²) >= 11 is 0. The Morgan fingerprint density at radius 1 is 1.21 bits per heavy atom. The van der Waals surface area contributed by atoms with E-state index in [1.54, 1.807) is 0 Å². The SMILES string of the molecule is CC[PH](=O)CC(CCNC)c1ccccc1C(C)C. The molecule has 2 atom stereocenters. The Kier molecular flexibility index (Phi) is 7.41. The molecule has 0 aliphatic rings. The van der Waals surface area contributed by atoms with Crippen LogP contribution in [-0.2, 0) is 4.57 Å². The molecule has 0 aromatic heterocycles. The van der Waals surface area contributed by atoms with E-state index >= 15 is 0 Å². The highest BCUT2D eigenvalue weighted by atomic mass is 31.1. The predicted octanol–water partition coefficient (Wildman–Crippen LogP) is 4.08. The number of nitrogens with one attached hydrogen (secondary N) is 1. The van der Waals surface area contributed by atoms with Crippen LogP contribution in [0, 0.1) is 0 Å². The summed E-state index contributed by atoms with van der Waals surface area (Å²) in [5.74, 6) is 0.953. The quantitative estimate of drug-likeness (QED) is 0.727. The smallest absolute Gasteiger partial charge is 0.0765 e. The van der Waals surface area contributed by atoms with Crippen molar-refractivity contribution in [2.45, 2.75) is 39.0 Å². The molecule has 1 N–H and O–H groups in total. The molecule has 0 saturated heterocycles. The summed E-state index contributed by atoms with van der Waals surface area (Å²) in [5.41, 5.74) is 2.81. The first-order valence-electron chi connectivity index (χ1n) is 7.35. The van der Waals surface area contributed by atoms with Crippen LogP contribution in [-0.4, -0.2) is 25.9 Å². The lowest BCUT2D eigenvalue weighted by atomic mass is 9.88. The van der Waals surface area contributed by atoms with Gasteiger partial charge in [0.05, 0.1) is 7.80 Å². The van der Waals surface area contributed by atoms with Gasteiger partial charge in [-0.2, -0.15) is 0 Å². The monoisotopic (exact) mass is 281 g/mol. The van der Waals surface area contributed by atoms with Gasteiger partial charge in [-0.1, -0.05) is 45.0 Å². The predicted molar refractivity (Wildman–Crippen MR) is 86.2 cm³/mol. The van der Waals surface area contributed by atoms with Gasteiger partial charge in [0.1, 0.15) is 0 Å². The van der Waals surface area contributed by atoms with Crippen molar-refractivity contribution < 1.29 is 4.57 Å². The Morgan fingerprint density at radius 3 is 2.37 bits per heavy atom. The van der Waals surface area contributed by atoms with E-state index < -0.39 is 7.80 Å². The highest BCUT2D eigenvalue weighted by Gasteiger charge is 2.18. The van der Waals surface area contributed by atoms with E-state index in [-0.39, 0.29) is 0 Å². The van der Waals surface area contributed by atoms with Crippen LogP contribution in [0.25, 0.3) is 0 Å². The molecule has 19 heavy (non-hydrogen) atoms.